The van der Waals surface area contributed by atoms with Crippen LogP contribution in [0.5, 0.6) is 0 Å². The largest absolute Gasteiger partial charge is 0.326 e. The summed E-state index contributed by atoms with van der Waals surface area (Å²) in [5, 5.41) is 8.85. The number of nitrogens with one attached hydrogen (secondary N) is 2. The van der Waals surface area contributed by atoms with Crippen molar-refractivity contribution < 1.29 is 9.59 Å². The monoisotopic (exact) mass is 373 g/mol. The average Bonchev–Trinajstić information content (AvgIpc) is 2.72. The van der Waals surface area contributed by atoms with Crippen LogP contribution in [0.3, 0.4) is 0 Å². The molecule has 2 N–H and O–H groups in total. The molecule has 0 atom stereocenters. The molecule has 0 unspecified atom stereocenters. The summed E-state index contributed by atoms with van der Waals surface area (Å²) in [6.07, 6.45) is 0.943. The second-order valence-corrected chi connectivity index (χ2v) is 6.55. The fraction of sp³-hybridized carbons (Fsp3) is 0.174. The summed E-state index contributed by atoms with van der Waals surface area (Å²) in [4.78, 5) is 24.8. The number of para-hydroxylation sites is 1. The SMILES string of the molecule is CCc1ccccc1NC(=O)C/C(C)=N\NC(=O)c1cccc2ccccc12. The Bertz CT molecular complexity index is 1040. The third-order valence-electron chi connectivity index (χ3n) is 4.47. The second-order valence-electron chi connectivity index (χ2n) is 6.55. The quantitative estimate of drug-likeness (QED) is 0.492. The van der Waals surface area contributed by atoms with Crippen molar-refractivity contribution in [2.45, 2.75) is 26.7 Å². The van der Waals surface area contributed by atoms with Crippen LogP contribution >= 0.6 is 0 Å². The van der Waals surface area contributed by atoms with Crippen LogP contribution in [0.1, 0.15) is 36.2 Å². The summed E-state index contributed by atoms with van der Waals surface area (Å²) in [6, 6.07) is 20.9. The molecule has 0 spiro atoms. The number of nitrogens with zero attached hydrogens (tertiary/aromatic N) is 1. The fourth-order valence-corrected chi connectivity index (χ4v) is 3.05. The zero-order valence-electron chi connectivity index (χ0n) is 16.0. The Morgan fingerprint density at radius 2 is 1.64 bits per heavy atom. The summed E-state index contributed by atoms with van der Waals surface area (Å²) in [5.74, 6) is -0.463. The Morgan fingerprint density at radius 3 is 2.46 bits per heavy atom. The number of amides is 2. The standard InChI is InChI=1S/C23H23N3O2/c1-3-17-9-5-7-14-21(17)24-22(27)15-16(2)25-26-23(28)20-13-8-11-18-10-4-6-12-19(18)20/h4-14H,3,15H2,1-2H3,(H,24,27)(H,26,28)/b25-16-. The summed E-state index contributed by atoms with van der Waals surface area (Å²) < 4.78 is 0. The van der Waals surface area contributed by atoms with E-state index in [0.29, 0.717) is 11.3 Å². The van der Waals surface area contributed by atoms with E-state index in [2.05, 4.69) is 15.8 Å². The Labute approximate surface area is 164 Å². The number of fused-ring (bicyclic) bond motifs is 1. The smallest absolute Gasteiger partial charge is 0.271 e. The number of hydrogen-bond acceptors (Lipinski definition) is 3. The molecule has 0 heterocycles. The summed E-state index contributed by atoms with van der Waals surface area (Å²) in [6.45, 7) is 3.76. The highest BCUT2D eigenvalue weighted by atomic mass is 16.2. The minimum atomic E-state index is -0.298. The third-order valence-corrected chi connectivity index (χ3v) is 4.47. The highest BCUT2D eigenvalue weighted by Crippen LogP contribution is 2.18. The fourth-order valence-electron chi connectivity index (χ4n) is 3.05. The van der Waals surface area contributed by atoms with Crippen molar-refractivity contribution in [1.29, 1.82) is 0 Å². The zero-order chi connectivity index (χ0) is 19.9. The summed E-state index contributed by atoms with van der Waals surface area (Å²) >= 11 is 0. The van der Waals surface area contributed by atoms with Gasteiger partial charge in [-0.2, -0.15) is 5.10 Å². The Balaban J connectivity index is 1.63. The molecule has 3 aromatic rings. The highest BCUT2D eigenvalue weighted by Gasteiger charge is 2.10. The number of carbonyl (C=O) groups is 2. The molecule has 0 aliphatic carbocycles. The van der Waals surface area contributed by atoms with Gasteiger partial charge in [0, 0.05) is 17.0 Å². The van der Waals surface area contributed by atoms with Crippen molar-refractivity contribution in [3.63, 3.8) is 0 Å². The van der Waals surface area contributed by atoms with Crippen LogP contribution in [0, 0.1) is 0 Å². The number of anilines is 1. The van der Waals surface area contributed by atoms with Crippen LogP contribution in [0.4, 0.5) is 5.69 Å². The van der Waals surface area contributed by atoms with Crippen molar-refractivity contribution in [1.82, 2.24) is 5.43 Å². The first-order chi connectivity index (χ1) is 13.6. The first-order valence-corrected chi connectivity index (χ1v) is 9.27. The van der Waals surface area contributed by atoms with E-state index in [9.17, 15) is 9.59 Å². The first kappa shape index (κ1) is 19.3. The first-order valence-electron chi connectivity index (χ1n) is 9.27. The van der Waals surface area contributed by atoms with Crippen LogP contribution in [-0.2, 0) is 11.2 Å². The van der Waals surface area contributed by atoms with E-state index in [0.717, 1.165) is 28.4 Å². The molecule has 0 bridgehead atoms. The van der Waals surface area contributed by atoms with Crippen molar-refractivity contribution in [3.05, 3.63) is 77.9 Å². The molecule has 2 amide bonds. The van der Waals surface area contributed by atoms with E-state index >= 15 is 0 Å². The van der Waals surface area contributed by atoms with Gasteiger partial charge < -0.3 is 5.32 Å². The van der Waals surface area contributed by atoms with Crippen LogP contribution < -0.4 is 10.7 Å². The van der Waals surface area contributed by atoms with Gasteiger partial charge in [-0.05, 0) is 41.8 Å². The Kier molecular flexibility index (Phi) is 6.17. The van der Waals surface area contributed by atoms with E-state index in [4.69, 9.17) is 0 Å². The van der Waals surface area contributed by atoms with Crippen molar-refractivity contribution in [2.75, 3.05) is 5.32 Å². The van der Waals surface area contributed by atoms with Gasteiger partial charge in [0.15, 0.2) is 0 Å². The molecule has 0 aromatic heterocycles. The molecule has 0 saturated carbocycles. The van der Waals surface area contributed by atoms with Crippen molar-refractivity contribution >= 4 is 34.0 Å². The van der Waals surface area contributed by atoms with Gasteiger partial charge in [-0.3, -0.25) is 9.59 Å². The van der Waals surface area contributed by atoms with E-state index in [-0.39, 0.29) is 18.2 Å². The van der Waals surface area contributed by atoms with Gasteiger partial charge in [0.05, 0.1) is 6.42 Å². The lowest BCUT2D eigenvalue weighted by molar-refractivity contribution is -0.115. The molecule has 0 saturated heterocycles. The van der Waals surface area contributed by atoms with Crippen molar-refractivity contribution in [3.8, 4) is 0 Å². The summed E-state index contributed by atoms with van der Waals surface area (Å²) in [5.41, 5.74) is 5.52. The predicted octanol–water partition coefficient (Wildman–Crippen LogP) is 4.54. The number of hydrazone groups is 1. The van der Waals surface area contributed by atoms with E-state index in [1.807, 2.05) is 67.6 Å². The third kappa shape index (κ3) is 4.62. The highest BCUT2D eigenvalue weighted by molar-refractivity contribution is 6.08. The van der Waals surface area contributed by atoms with E-state index in [1.54, 1.807) is 13.0 Å². The van der Waals surface area contributed by atoms with Gasteiger partial charge in [0.2, 0.25) is 5.91 Å². The molecule has 5 nitrogen and oxygen atoms in total. The number of rotatable bonds is 6. The zero-order valence-corrected chi connectivity index (χ0v) is 16.0. The van der Waals surface area contributed by atoms with Crippen LogP contribution in [0.15, 0.2) is 71.8 Å². The molecule has 28 heavy (non-hydrogen) atoms. The number of aryl methyl sites for hydroxylation is 1. The molecular formula is C23H23N3O2. The summed E-state index contributed by atoms with van der Waals surface area (Å²) in [7, 11) is 0. The lowest BCUT2D eigenvalue weighted by atomic mass is 10.0. The molecule has 3 aromatic carbocycles. The maximum Gasteiger partial charge on any atom is 0.271 e. The second kappa shape index (κ2) is 8.95. The van der Waals surface area contributed by atoms with Crippen LogP contribution in [0.25, 0.3) is 10.8 Å². The molecule has 0 aliphatic heterocycles. The van der Waals surface area contributed by atoms with Gasteiger partial charge in [0.25, 0.3) is 5.91 Å². The topological polar surface area (TPSA) is 70.6 Å². The molecule has 0 aliphatic rings. The maximum atomic E-state index is 12.5. The number of carbonyl (C=O) groups excluding carboxylic acids is 2. The van der Waals surface area contributed by atoms with Crippen LogP contribution in [0.2, 0.25) is 0 Å². The van der Waals surface area contributed by atoms with Crippen LogP contribution in [-0.4, -0.2) is 17.5 Å². The number of hydrogen-bond donors (Lipinski definition) is 2. The van der Waals surface area contributed by atoms with E-state index < -0.39 is 0 Å². The lowest BCUT2D eigenvalue weighted by Crippen LogP contribution is -2.22. The predicted molar refractivity (Wildman–Crippen MR) is 114 cm³/mol. The van der Waals surface area contributed by atoms with Gasteiger partial charge in [0.1, 0.15) is 0 Å². The molecule has 5 heteroatoms. The van der Waals surface area contributed by atoms with E-state index in [1.165, 1.54) is 0 Å². The Morgan fingerprint density at radius 1 is 0.929 bits per heavy atom. The average molecular weight is 373 g/mol. The van der Waals surface area contributed by atoms with Gasteiger partial charge in [-0.15, -0.1) is 0 Å². The minimum Gasteiger partial charge on any atom is -0.326 e. The minimum absolute atomic E-state index is 0.105. The normalized spacial score (nSPS) is 11.3. The molecule has 0 radical (unpaired) electrons. The maximum absolute atomic E-state index is 12.5. The van der Waals surface area contributed by atoms with Gasteiger partial charge >= 0.3 is 0 Å². The van der Waals surface area contributed by atoms with Crippen molar-refractivity contribution in [2.24, 2.45) is 5.10 Å². The number of benzene rings is 3. The van der Waals surface area contributed by atoms with Gasteiger partial charge in [-0.25, -0.2) is 5.43 Å². The molecular weight excluding hydrogens is 350 g/mol. The molecule has 0 fully saturated rings. The Hall–Kier alpha value is -3.47. The van der Waals surface area contributed by atoms with Gasteiger partial charge in [-0.1, -0.05) is 61.5 Å². The molecule has 3 rings (SSSR count). The molecule has 142 valence electrons. The lowest BCUT2D eigenvalue weighted by Gasteiger charge is -2.10.